The van der Waals surface area contributed by atoms with Crippen molar-refractivity contribution in [3.05, 3.63) is 47.0 Å². The number of carbonyl (C=O) groups is 1. The normalized spacial score (nSPS) is 13.1. The van der Waals surface area contributed by atoms with E-state index in [1.165, 1.54) is 15.6 Å². The number of para-hydroxylation sites is 1. The number of nitrogens with zero attached hydrogens (tertiary/aromatic N) is 3. The molecule has 25 heavy (non-hydrogen) atoms. The number of rotatable bonds is 7. The Bertz CT molecular complexity index is 760. The topological polar surface area (TPSA) is 78.6 Å². The fourth-order valence-electron chi connectivity index (χ4n) is 3.28. The van der Waals surface area contributed by atoms with E-state index in [0.29, 0.717) is 24.3 Å². The van der Waals surface area contributed by atoms with Crippen LogP contribution in [-0.4, -0.2) is 57.1 Å². The lowest BCUT2D eigenvalue weighted by atomic mass is 10.1. The second-order valence-corrected chi connectivity index (χ2v) is 6.08. The predicted molar refractivity (Wildman–Crippen MR) is 90.2 cm³/mol. The largest absolute Gasteiger partial charge is 0.396 e. The van der Waals surface area contributed by atoms with Crippen LogP contribution in [0.1, 0.15) is 34.6 Å². The van der Waals surface area contributed by atoms with Gasteiger partial charge < -0.3 is 15.1 Å². The molecule has 0 saturated heterocycles. The molecule has 0 bridgehead atoms. The predicted octanol–water partition coefficient (Wildman–Crippen LogP) is 1.32. The third-order valence-corrected chi connectivity index (χ3v) is 4.46. The van der Waals surface area contributed by atoms with E-state index in [4.69, 9.17) is 5.11 Å². The van der Waals surface area contributed by atoms with Crippen LogP contribution in [0.3, 0.4) is 0 Å². The first-order chi connectivity index (χ1) is 12.2. The summed E-state index contributed by atoms with van der Waals surface area (Å²) in [6.45, 7) is 0.335. The monoisotopic (exact) mass is 347 g/mol. The molecule has 1 aromatic carbocycles. The molecule has 0 radical (unpaired) electrons. The van der Waals surface area contributed by atoms with Crippen molar-refractivity contribution in [3.8, 4) is 5.69 Å². The van der Waals surface area contributed by atoms with Gasteiger partial charge in [0.1, 0.15) is 11.5 Å². The molecule has 0 spiro atoms. The maximum absolute atomic E-state index is 14.2. The van der Waals surface area contributed by atoms with E-state index in [1.807, 2.05) is 0 Å². The Labute approximate surface area is 145 Å². The summed E-state index contributed by atoms with van der Waals surface area (Å²) in [5, 5.41) is 22.6. The molecular formula is C18H22FN3O3. The summed E-state index contributed by atoms with van der Waals surface area (Å²) in [7, 11) is 0. The second kappa shape index (κ2) is 7.76. The molecule has 1 heterocycles. The van der Waals surface area contributed by atoms with Gasteiger partial charge in [-0.15, -0.1) is 0 Å². The number of aromatic nitrogens is 2. The van der Waals surface area contributed by atoms with E-state index in [1.54, 1.807) is 18.2 Å². The van der Waals surface area contributed by atoms with Crippen LogP contribution in [0.2, 0.25) is 0 Å². The molecule has 6 nitrogen and oxygen atoms in total. The van der Waals surface area contributed by atoms with Crippen molar-refractivity contribution in [1.82, 2.24) is 14.7 Å². The van der Waals surface area contributed by atoms with Crippen molar-refractivity contribution in [2.24, 2.45) is 0 Å². The zero-order chi connectivity index (χ0) is 17.8. The lowest BCUT2D eigenvalue weighted by Gasteiger charge is -2.20. The van der Waals surface area contributed by atoms with Crippen LogP contribution in [0.25, 0.3) is 5.69 Å². The first-order valence-electron chi connectivity index (χ1n) is 8.54. The van der Waals surface area contributed by atoms with Gasteiger partial charge in [0.25, 0.3) is 5.91 Å². The summed E-state index contributed by atoms with van der Waals surface area (Å²) in [5.41, 5.74) is 2.39. The van der Waals surface area contributed by atoms with E-state index in [0.717, 1.165) is 30.5 Å². The lowest BCUT2D eigenvalue weighted by Crippen LogP contribution is -2.35. The molecule has 0 atom stereocenters. The highest BCUT2D eigenvalue weighted by Crippen LogP contribution is 2.29. The van der Waals surface area contributed by atoms with Crippen LogP contribution in [0.5, 0.6) is 0 Å². The van der Waals surface area contributed by atoms with E-state index >= 15 is 0 Å². The summed E-state index contributed by atoms with van der Waals surface area (Å²) in [5.74, 6) is -0.665. The molecule has 3 rings (SSSR count). The van der Waals surface area contributed by atoms with Gasteiger partial charge in [-0.2, -0.15) is 5.10 Å². The quantitative estimate of drug-likeness (QED) is 0.792. The van der Waals surface area contributed by atoms with Crippen molar-refractivity contribution in [2.45, 2.75) is 25.7 Å². The van der Waals surface area contributed by atoms with Gasteiger partial charge in [0, 0.05) is 31.0 Å². The van der Waals surface area contributed by atoms with Crippen molar-refractivity contribution in [3.63, 3.8) is 0 Å². The van der Waals surface area contributed by atoms with E-state index in [9.17, 15) is 14.3 Å². The molecule has 1 amide bonds. The highest BCUT2D eigenvalue weighted by Gasteiger charge is 2.29. The summed E-state index contributed by atoms with van der Waals surface area (Å²) in [6, 6.07) is 6.38. The number of aliphatic hydroxyl groups excluding tert-OH is 2. The molecular weight excluding hydrogens is 325 g/mol. The Balaban J connectivity index is 1.99. The number of amides is 1. The number of hydrogen-bond donors (Lipinski definition) is 2. The number of halogens is 1. The first-order valence-corrected chi connectivity index (χ1v) is 8.54. The van der Waals surface area contributed by atoms with Crippen LogP contribution in [0.4, 0.5) is 4.39 Å². The number of fused-ring (bicyclic) bond motifs is 1. The number of aliphatic hydroxyl groups is 2. The van der Waals surface area contributed by atoms with E-state index in [-0.39, 0.29) is 31.5 Å². The van der Waals surface area contributed by atoms with Crippen LogP contribution in [0.15, 0.2) is 24.3 Å². The van der Waals surface area contributed by atoms with Crippen molar-refractivity contribution in [1.29, 1.82) is 0 Å². The highest BCUT2D eigenvalue weighted by atomic mass is 19.1. The van der Waals surface area contributed by atoms with Gasteiger partial charge in [-0.3, -0.25) is 4.79 Å². The third kappa shape index (κ3) is 3.43. The second-order valence-electron chi connectivity index (χ2n) is 6.08. The van der Waals surface area contributed by atoms with E-state index in [2.05, 4.69) is 5.10 Å². The number of hydrogen-bond acceptors (Lipinski definition) is 4. The summed E-state index contributed by atoms with van der Waals surface area (Å²) < 4.78 is 15.7. The molecule has 0 aliphatic heterocycles. The minimum atomic E-state index is -0.383. The van der Waals surface area contributed by atoms with E-state index < -0.39 is 0 Å². The fourth-order valence-corrected chi connectivity index (χ4v) is 3.28. The minimum Gasteiger partial charge on any atom is -0.396 e. The van der Waals surface area contributed by atoms with Crippen LogP contribution in [0, 0.1) is 5.82 Å². The van der Waals surface area contributed by atoms with Gasteiger partial charge in [0.05, 0.1) is 6.61 Å². The third-order valence-electron chi connectivity index (χ3n) is 4.46. The molecule has 2 aromatic rings. The maximum Gasteiger partial charge on any atom is 0.274 e. The van der Waals surface area contributed by atoms with Crippen LogP contribution < -0.4 is 0 Å². The molecule has 7 heteroatoms. The van der Waals surface area contributed by atoms with Gasteiger partial charge in [0.15, 0.2) is 5.69 Å². The Morgan fingerprint density at radius 1 is 1.20 bits per heavy atom. The van der Waals surface area contributed by atoms with Crippen LogP contribution in [-0.2, 0) is 12.8 Å². The van der Waals surface area contributed by atoms with Gasteiger partial charge in [-0.05, 0) is 37.8 Å². The zero-order valence-corrected chi connectivity index (χ0v) is 14.0. The van der Waals surface area contributed by atoms with Gasteiger partial charge in [0.2, 0.25) is 0 Å². The number of benzene rings is 1. The SMILES string of the molecule is O=C(c1nn(-c2ccccc2F)c2c1CCC2)N(CCO)CCCO. The molecule has 1 aliphatic rings. The molecule has 1 aromatic heterocycles. The fraction of sp³-hybridized carbons (Fsp3) is 0.444. The van der Waals surface area contributed by atoms with Crippen molar-refractivity contribution < 1.29 is 19.4 Å². The molecule has 0 fully saturated rings. The van der Waals surface area contributed by atoms with Crippen LogP contribution >= 0.6 is 0 Å². The van der Waals surface area contributed by atoms with Crippen molar-refractivity contribution >= 4 is 5.91 Å². The summed E-state index contributed by atoms with van der Waals surface area (Å²) in [4.78, 5) is 14.4. The van der Waals surface area contributed by atoms with Crippen molar-refractivity contribution in [2.75, 3.05) is 26.3 Å². The summed E-state index contributed by atoms with van der Waals surface area (Å²) in [6.07, 6.45) is 2.82. The number of carbonyl (C=O) groups excluding carboxylic acids is 1. The molecule has 2 N–H and O–H groups in total. The molecule has 134 valence electrons. The molecule has 0 unspecified atom stereocenters. The standard InChI is InChI=1S/C18H22FN3O3/c19-14-6-1-2-7-16(14)22-15-8-3-5-13(15)17(20-22)18(25)21(10-12-24)9-4-11-23/h1-2,6-7,23-24H,3-5,8-12H2. The summed E-state index contributed by atoms with van der Waals surface area (Å²) >= 11 is 0. The zero-order valence-electron chi connectivity index (χ0n) is 14.0. The first kappa shape index (κ1) is 17.6. The van der Waals surface area contributed by atoms with Gasteiger partial charge >= 0.3 is 0 Å². The van der Waals surface area contributed by atoms with Gasteiger partial charge in [-0.1, -0.05) is 12.1 Å². The molecule has 0 saturated carbocycles. The Morgan fingerprint density at radius 2 is 2.00 bits per heavy atom. The maximum atomic E-state index is 14.2. The Hall–Kier alpha value is -2.25. The Morgan fingerprint density at radius 3 is 2.72 bits per heavy atom. The highest BCUT2D eigenvalue weighted by molar-refractivity contribution is 5.94. The lowest BCUT2D eigenvalue weighted by molar-refractivity contribution is 0.0702. The average Bonchev–Trinajstić information content (AvgIpc) is 3.21. The minimum absolute atomic E-state index is 0.0308. The van der Waals surface area contributed by atoms with Gasteiger partial charge in [-0.25, -0.2) is 9.07 Å². The average molecular weight is 347 g/mol. The molecule has 1 aliphatic carbocycles. The smallest absolute Gasteiger partial charge is 0.274 e. The Kier molecular flexibility index (Phi) is 5.45.